The van der Waals surface area contributed by atoms with Gasteiger partial charge in [-0.05, 0) is 39.0 Å². The van der Waals surface area contributed by atoms with Crippen LogP contribution in [-0.4, -0.2) is 29.7 Å². The molecule has 0 heterocycles. The van der Waals surface area contributed by atoms with Gasteiger partial charge in [0, 0.05) is 6.04 Å². The van der Waals surface area contributed by atoms with Gasteiger partial charge in [-0.1, -0.05) is 33.6 Å². The SMILES string of the molecule is CC(C)(C)OC(=O)NC(C(=O)NC1CCCC1)C(C)(C)C. The summed E-state index contributed by atoms with van der Waals surface area (Å²) in [6.07, 6.45) is 3.81. The van der Waals surface area contributed by atoms with Gasteiger partial charge in [-0.2, -0.15) is 0 Å². The van der Waals surface area contributed by atoms with Crippen LogP contribution in [0.25, 0.3) is 0 Å². The first-order valence-corrected chi connectivity index (χ1v) is 7.79. The molecule has 21 heavy (non-hydrogen) atoms. The van der Waals surface area contributed by atoms with Gasteiger partial charge >= 0.3 is 6.09 Å². The molecule has 1 rings (SSSR count). The second kappa shape index (κ2) is 6.67. The van der Waals surface area contributed by atoms with Crippen LogP contribution in [0.1, 0.15) is 67.2 Å². The molecule has 0 aromatic heterocycles. The third-order valence-electron chi connectivity index (χ3n) is 3.49. The van der Waals surface area contributed by atoms with Crippen molar-refractivity contribution in [3.8, 4) is 0 Å². The number of hydrogen-bond acceptors (Lipinski definition) is 3. The molecule has 0 bridgehead atoms. The molecule has 2 amide bonds. The molecule has 1 atom stereocenters. The van der Waals surface area contributed by atoms with E-state index in [1.807, 2.05) is 20.8 Å². The Labute approximate surface area is 128 Å². The van der Waals surface area contributed by atoms with E-state index >= 15 is 0 Å². The van der Waals surface area contributed by atoms with Crippen molar-refractivity contribution in [1.82, 2.24) is 10.6 Å². The monoisotopic (exact) mass is 298 g/mol. The predicted octanol–water partition coefficient (Wildman–Crippen LogP) is 2.98. The number of amides is 2. The van der Waals surface area contributed by atoms with Crippen molar-refractivity contribution in [2.75, 3.05) is 0 Å². The second-order valence-corrected chi connectivity index (χ2v) is 7.94. The molecule has 0 radical (unpaired) electrons. The number of alkyl carbamates (subject to hydrolysis) is 1. The van der Waals surface area contributed by atoms with Crippen molar-refractivity contribution < 1.29 is 14.3 Å². The third-order valence-corrected chi connectivity index (χ3v) is 3.49. The van der Waals surface area contributed by atoms with Crippen LogP contribution in [0.3, 0.4) is 0 Å². The fourth-order valence-electron chi connectivity index (χ4n) is 2.46. The molecule has 0 aliphatic heterocycles. The highest BCUT2D eigenvalue weighted by Crippen LogP contribution is 2.22. The highest BCUT2D eigenvalue weighted by atomic mass is 16.6. The number of rotatable bonds is 3. The maximum absolute atomic E-state index is 12.5. The molecule has 1 saturated carbocycles. The smallest absolute Gasteiger partial charge is 0.408 e. The number of carbonyl (C=O) groups excluding carboxylic acids is 2. The highest BCUT2D eigenvalue weighted by molar-refractivity contribution is 5.86. The summed E-state index contributed by atoms with van der Waals surface area (Å²) < 4.78 is 5.25. The van der Waals surface area contributed by atoms with Gasteiger partial charge < -0.3 is 15.4 Å². The molecule has 2 N–H and O–H groups in total. The highest BCUT2D eigenvalue weighted by Gasteiger charge is 2.35. The lowest BCUT2D eigenvalue weighted by atomic mass is 9.86. The van der Waals surface area contributed by atoms with E-state index in [-0.39, 0.29) is 17.4 Å². The zero-order valence-electron chi connectivity index (χ0n) is 14.2. The maximum atomic E-state index is 12.5. The van der Waals surface area contributed by atoms with E-state index in [4.69, 9.17) is 4.74 Å². The van der Waals surface area contributed by atoms with E-state index in [0.29, 0.717) is 0 Å². The molecular weight excluding hydrogens is 268 g/mol. The second-order valence-electron chi connectivity index (χ2n) is 7.94. The van der Waals surface area contributed by atoms with Gasteiger partial charge in [-0.15, -0.1) is 0 Å². The fourth-order valence-corrected chi connectivity index (χ4v) is 2.46. The van der Waals surface area contributed by atoms with Crippen LogP contribution in [0.5, 0.6) is 0 Å². The minimum absolute atomic E-state index is 0.125. The van der Waals surface area contributed by atoms with Crippen molar-refractivity contribution in [3.63, 3.8) is 0 Å². The number of ether oxygens (including phenoxy) is 1. The molecule has 1 fully saturated rings. The predicted molar refractivity (Wildman–Crippen MR) is 83.0 cm³/mol. The van der Waals surface area contributed by atoms with Crippen LogP contribution in [0.15, 0.2) is 0 Å². The Kier molecular flexibility index (Phi) is 5.65. The van der Waals surface area contributed by atoms with Crippen LogP contribution in [0.4, 0.5) is 4.79 Å². The summed E-state index contributed by atoms with van der Waals surface area (Å²) in [5.41, 5.74) is -0.950. The number of carbonyl (C=O) groups is 2. The number of nitrogens with one attached hydrogen (secondary N) is 2. The van der Waals surface area contributed by atoms with Crippen molar-refractivity contribution in [2.24, 2.45) is 5.41 Å². The molecule has 0 aromatic rings. The van der Waals surface area contributed by atoms with Crippen LogP contribution in [-0.2, 0) is 9.53 Å². The summed E-state index contributed by atoms with van der Waals surface area (Å²) in [6, 6.07) is -0.365. The number of hydrogen-bond donors (Lipinski definition) is 2. The molecular formula is C16H30N2O3. The van der Waals surface area contributed by atoms with Crippen molar-refractivity contribution in [2.45, 2.75) is 84.9 Å². The van der Waals surface area contributed by atoms with Gasteiger partial charge in [-0.25, -0.2) is 4.79 Å². The zero-order valence-corrected chi connectivity index (χ0v) is 14.2. The summed E-state index contributed by atoms with van der Waals surface area (Å²) >= 11 is 0. The van der Waals surface area contributed by atoms with E-state index in [0.717, 1.165) is 25.7 Å². The van der Waals surface area contributed by atoms with Gasteiger partial charge in [0.1, 0.15) is 11.6 Å². The lowest BCUT2D eigenvalue weighted by Crippen LogP contribution is -2.55. The van der Waals surface area contributed by atoms with E-state index in [1.54, 1.807) is 20.8 Å². The van der Waals surface area contributed by atoms with E-state index in [2.05, 4.69) is 10.6 Å². The van der Waals surface area contributed by atoms with Gasteiger partial charge in [0.25, 0.3) is 0 Å². The largest absolute Gasteiger partial charge is 0.444 e. The fraction of sp³-hybridized carbons (Fsp3) is 0.875. The Bertz CT molecular complexity index is 374. The first-order valence-electron chi connectivity index (χ1n) is 7.79. The molecule has 5 nitrogen and oxygen atoms in total. The van der Waals surface area contributed by atoms with E-state index in [1.165, 1.54) is 0 Å². The summed E-state index contributed by atoms with van der Waals surface area (Å²) in [5.74, 6) is -0.125. The zero-order chi connectivity index (χ0) is 16.3. The van der Waals surface area contributed by atoms with Gasteiger partial charge in [0.05, 0.1) is 0 Å². The Balaban J connectivity index is 2.67. The quantitative estimate of drug-likeness (QED) is 0.841. The van der Waals surface area contributed by atoms with E-state index in [9.17, 15) is 9.59 Å². The van der Waals surface area contributed by atoms with Gasteiger partial charge in [0.2, 0.25) is 5.91 Å². The molecule has 0 saturated heterocycles. The molecule has 0 aromatic carbocycles. The van der Waals surface area contributed by atoms with Crippen LogP contribution in [0.2, 0.25) is 0 Å². The lowest BCUT2D eigenvalue weighted by molar-refractivity contribution is -0.126. The van der Waals surface area contributed by atoms with Crippen LogP contribution >= 0.6 is 0 Å². The molecule has 1 aliphatic rings. The molecule has 0 spiro atoms. The minimum Gasteiger partial charge on any atom is -0.444 e. The molecule has 1 unspecified atom stereocenters. The van der Waals surface area contributed by atoms with Gasteiger partial charge in [-0.3, -0.25) is 4.79 Å². The Hall–Kier alpha value is -1.26. The Morgan fingerprint density at radius 2 is 1.57 bits per heavy atom. The molecule has 1 aliphatic carbocycles. The molecule has 122 valence electrons. The summed E-state index contributed by atoms with van der Waals surface area (Å²) in [4.78, 5) is 24.4. The topological polar surface area (TPSA) is 67.4 Å². The summed E-state index contributed by atoms with van der Waals surface area (Å²) in [5, 5.41) is 5.76. The van der Waals surface area contributed by atoms with Crippen LogP contribution < -0.4 is 10.6 Å². The minimum atomic E-state index is -0.604. The standard InChI is InChI=1S/C16H30N2O3/c1-15(2,3)12(18-14(20)21-16(4,5)6)13(19)17-11-9-7-8-10-11/h11-12H,7-10H2,1-6H3,(H,17,19)(H,18,20). The maximum Gasteiger partial charge on any atom is 0.408 e. The lowest BCUT2D eigenvalue weighted by Gasteiger charge is -2.32. The van der Waals surface area contributed by atoms with Crippen LogP contribution in [0, 0.1) is 5.41 Å². The molecule has 5 heteroatoms. The third kappa shape index (κ3) is 6.36. The summed E-state index contributed by atoms with van der Waals surface area (Å²) in [7, 11) is 0. The Morgan fingerprint density at radius 1 is 1.05 bits per heavy atom. The first-order chi connectivity index (χ1) is 9.49. The normalized spacial score (nSPS) is 18.2. The van der Waals surface area contributed by atoms with Crippen molar-refractivity contribution in [1.29, 1.82) is 0 Å². The summed E-state index contributed by atoms with van der Waals surface area (Å²) in [6.45, 7) is 11.2. The average Bonchev–Trinajstić information content (AvgIpc) is 2.74. The van der Waals surface area contributed by atoms with E-state index < -0.39 is 17.7 Å². The average molecular weight is 298 g/mol. The first kappa shape index (κ1) is 17.8. The van der Waals surface area contributed by atoms with Crippen molar-refractivity contribution in [3.05, 3.63) is 0 Å². The Morgan fingerprint density at radius 3 is 2.00 bits per heavy atom. The van der Waals surface area contributed by atoms with Gasteiger partial charge in [0.15, 0.2) is 0 Å². The van der Waals surface area contributed by atoms with Crippen molar-refractivity contribution >= 4 is 12.0 Å².